The van der Waals surface area contributed by atoms with Gasteiger partial charge in [-0.2, -0.15) is 0 Å². The van der Waals surface area contributed by atoms with Gasteiger partial charge in [-0.05, 0) is 23.6 Å². The van der Waals surface area contributed by atoms with Gasteiger partial charge in [0.05, 0.1) is 31.3 Å². The average Bonchev–Trinajstić information content (AvgIpc) is 2.52. The van der Waals surface area contributed by atoms with Crippen LogP contribution < -0.4 is 5.32 Å². The zero-order valence-corrected chi connectivity index (χ0v) is 13.0. The van der Waals surface area contributed by atoms with Crippen molar-refractivity contribution in [2.75, 3.05) is 26.4 Å². The first-order valence-corrected chi connectivity index (χ1v) is 7.77. The highest BCUT2D eigenvalue weighted by Gasteiger charge is 2.38. The number of hydrogen-bond donors (Lipinski definition) is 2. The first-order valence-electron chi connectivity index (χ1n) is 7.77. The molecule has 0 radical (unpaired) electrons. The molecule has 1 fully saturated rings. The molecule has 0 aliphatic carbocycles. The molecule has 0 aromatic heterocycles. The predicted molar refractivity (Wildman–Crippen MR) is 87.8 cm³/mol. The molecule has 1 atom stereocenters. The molecule has 116 valence electrons. The van der Waals surface area contributed by atoms with Crippen LogP contribution in [0.3, 0.4) is 0 Å². The topological polar surface area (TPSA) is 41.5 Å². The summed E-state index contributed by atoms with van der Waals surface area (Å²) < 4.78 is 5.30. The molecule has 1 aliphatic heterocycles. The normalized spacial score (nSPS) is 17.7. The Morgan fingerprint density at radius 2 is 1.77 bits per heavy atom. The van der Waals surface area contributed by atoms with Crippen LogP contribution in [0.25, 0.3) is 0 Å². The number of aryl methyl sites for hydroxylation is 1. The summed E-state index contributed by atoms with van der Waals surface area (Å²) in [5, 5.41) is 13.3. The maximum Gasteiger partial charge on any atom is 0.0579 e. The van der Waals surface area contributed by atoms with Crippen molar-refractivity contribution >= 4 is 0 Å². The van der Waals surface area contributed by atoms with E-state index in [4.69, 9.17) is 4.74 Å². The van der Waals surface area contributed by atoms with Crippen LogP contribution in [0.1, 0.15) is 22.7 Å². The van der Waals surface area contributed by atoms with Gasteiger partial charge in [-0.1, -0.05) is 54.6 Å². The van der Waals surface area contributed by atoms with Gasteiger partial charge in [0.15, 0.2) is 0 Å². The third kappa shape index (κ3) is 3.07. The second-order valence-corrected chi connectivity index (χ2v) is 6.23. The molecule has 1 unspecified atom stereocenters. The van der Waals surface area contributed by atoms with Crippen molar-refractivity contribution in [3.63, 3.8) is 0 Å². The molecule has 0 spiro atoms. The minimum atomic E-state index is -0.129. The van der Waals surface area contributed by atoms with Crippen LogP contribution >= 0.6 is 0 Å². The lowest BCUT2D eigenvalue weighted by Crippen LogP contribution is -2.52. The van der Waals surface area contributed by atoms with Crippen molar-refractivity contribution in [1.29, 1.82) is 0 Å². The Morgan fingerprint density at radius 3 is 2.36 bits per heavy atom. The molecule has 1 saturated heterocycles. The third-order valence-corrected chi connectivity index (χ3v) is 4.47. The van der Waals surface area contributed by atoms with E-state index in [2.05, 4.69) is 60.8 Å². The monoisotopic (exact) mass is 297 g/mol. The van der Waals surface area contributed by atoms with Gasteiger partial charge in [-0.3, -0.25) is 0 Å². The van der Waals surface area contributed by atoms with Crippen molar-refractivity contribution in [2.45, 2.75) is 13.0 Å². The van der Waals surface area contributed by atoms with Gasteiger partial charge in [-0.15, -0.1) is 0 Å². The molecule has 1 aliphatic rings. The van der Waals surface area contributed by atoms with Gasteiger partial charge in [0.25, 0.3) is 0 Å². The lowest BCUT2D eigenvalue weighted by molar-refractivity contribution is -0.134. The van der Waals surface area contributed by atoms with E-state index in [0.717, 1.165) is 6.54 Å². The maximum atomic E-state index is 9.63. The van der Waals surface area contributed by atoms with E-state index in [0.29, 0.717) is 13.2 Å². The fourth-order valence-electron chi connectivity index (χ4n) is 2.92. The number of benzene rings is 2. The summed E-state index contributed by atoms with van der Waals surface area (Å²) in [5.74, 6) is 0. The van der Waals surface area contributed by atoms with Gasteiger partial charge in [0, 0.05) is 6.54 Å². The van der Waals surface area contributed by atoms with E-state index in [9.17, 15) is 5.11 Å². The highest BCUT2D eigenvalue weighted by atomic mass is 16.5. The second kappa shape index (κ2) is 6.61. The van der Waals surface area contributed by atoms with Gasteiger partial charge >= 0.3 is 0 Å². The second-order valence-electron chi connectivity index (χ2n) is 6.23. The molecule has 3 nitrogen and oxygen atoms in total. The fourth-order valence-corrected chi connectivity index (χ4v) is 2.92. The zero-order chi connectivity index (χ0) is 15.4. The summed E-state index contributed by atoms with van der Waals surface area (Å²) in [7, 11) is 0. The quantitative estimate of drug-likeness (QED) is 0.861. The van der Waals surface area contributed by atoms with Crippen LogP contribution in [0.5, 0.6) is 0 Å². The molecule has 2 aromatic carbocycles. The van der Waals surface area contributed by atoms with Crippen molar-refractivity contribution in [1.82, 2.24) is 5.32 Å². The number of nitrogens with one attached hydrogen (secondary N) is 1. The van der Waals surface area contributed by atoms with Crippen LogP contribution in [0, 0.1) is 12.3 Å². The van der Waals surface area contributed by atoms with Crippen molar-refractivity contribution in [3.05, 3.63) is 71.3 Å². The minimum absolute atomic E-state index is 0.129. The molecule has 3 rings (SSSR count). The van der Waals surface area contributed by atoms with Crippen molar-refractivity contribution < 1.29 is 9.84 Å². The standard InChI is InChI=1S/C19H23NO2/c1-15-7-5-6-10-17(15)18(16-8-3-2-4-9-16)20-11-19(12-21)13-22-14-19/h2-10,18,20-21H,11-14H2,1H3. The van der Waals surface area contributed by atoms with Crippen molar-refractivity contribution in [3.8, 4) is 0 Å². The van der Waals surface area contributed by atoms with Crippen LogP contribution in [0.15, 0.2) is 54.6 Å². The zero-order valence-electron chi connectivity index (χ0n) is 13.0. The SMILES string of the molecule is Cc1ccccc1C(NCC1(CO)COC1)c1ccccc1. The molecule has 0 saturated carbocycles. The number of aliphatic hydroxyl groups is 1. The number of aliphatic hydroxyl groups excluding tert-OH is 1. The van der Waals surface area contributed by atoms with E-state index in [-0.39, 0.29) is 18.1 Å². The van der Waals surface area contributed by atoms with E-state index in [1.807, 2.05) is 6.07 Å². The summed E-state index contributed by atoms with van der Waals surface area (Å²) in [6.07, 6.45) is 0. The molecule has 1 heterocycles. The molecule has 2 aromatic rings. The Balaban J connectivity index is 1.85. The van der Waals surface area contributed by atoms with E-state index in [1.165, 1.54) is 16.7 Å². The molecular formula is C19H23NO2. The summed E-state index contributed by atoms with van der Waals surface area (Å²) in [6.45, 7) is 4.31. The molecule has 0 amide bonds. The molecule has 22 heavy (non-hydrogen) atoms. The van der Waals surface area contributed by atoms with E-state index >= 15 is 0 Å². The van der Waals surface area contributed by atoms with E-state index in [1.54, 1.807) is 0 Å². The summed E-state index contributed by atoms with van der Waals surface area (Å²) in [4.78, 5) is 0. The smallest absolute Gasteiger partial charge is 0.0579 e. The highest BCUT2D eigenvalue weighted by molar-refractivity contribution is 5.36. The minimum Gasteiger partial charge on any atom is -0.396 e. The Hall–Kier alpha value is -1.68. The number of rotatable bonds is 6. The predicted octanol–water partition coefficient (Wildman–Crippen LogP) is 2.68. The average molecular weight is 297 g/mol. The van der Waals surface area contributed by atoms with E-state index < -0.39 is 0 Å². The lowest BCUT2D eigenvalue weighted by atomic mass is 9.85. The van der Waals surface area contributed by atoms with Gasteiger partial charge < -0.3 is 15.2 Å². The summed E-state index contributed by atoms with van der Waals surface area (Å²) in [5.41, 5.74) is 3.66. The molecule has 3 heteroatoms. The van der Waals surface area contributed by atoms with Crippen LogP contribution in [-0.4, -0.2) is 31.5 Å². The third-order valence-electron chi connectivity index (χ3n) is 4.47. The van der Waals surface area contributed by atoms with Gasteiger partial charge in [0.1, 0.15) is 0 Å². The Labute approximate surface area is 131 Å². The Kier molecular flexibility index (Phi) is 4.57. The largest absolute Gasteiger partial charge is 0.396 e. The molecule has 0 bridgehead atoms. The first kappa shape index (κ1) is 15.2. The maximum absolute atomic E-state index is 9.63. The van der Waals surface area contributed by atoms with Crippen molar-refractivity contribution in [2.24, 2.45) is 5.41 Å². The van der Waals surface area contributed by atoms with Crippen LogP contribution in [-0.2, 0) is 4.74 Å². The Bertz CT molecular complexity index is 602. The molecular weight excluding hydrogens is 274 g/mol. The lowest BCUT2D eigenvalue weighted by Gasteiger charge is -2.41. The summed E-state index contributed by atoms with van der Waals surface area (Å²) in [6, 6.07) is 19.0. The van der Waals surface area contributed by atoms with Gasteiger partial charge in [0.2, 0.25) is 0 Å². The summed E-state index contributed by atoms with van der Waals surface area (Å²) >= 11 is 0. The highest BCUT2D eigenvalue weighted by Crippen LogP contribution is 2.29. The van der Waals surface area contributed by atoms with Crippen LogP contribution in [0.4, 0.5) is 0 Å². The number of hydrogen-bond acceptors (Lipinski definition) is 3. The first-order chi connectivity index (χ1) is 10.7. The van der Waals surface area contributed by atoms with Crippen LogP contribution in [0.2, 0.25) is 0 Å². The number of ether oxygens (including phenoxy) is 1. The molecule has 2 N–H and O–H groups in total. The fraction of sp³-hybridized carbons (Fsp3) is 0.368. The Morgan fingerprint density at radius 1 is 1.09 bits per heavy atom. The van der Waals surface area contributed by atoms with Gasteiger partial charge in [-0.25, -0.2) is 0 Å².